The van der Waals surface area contributed by atoms with Crippen LogP contribution in [0.5, 0.6) is 0 Å². The number of halogens is 1. The third-order valence-corrected chi connectivity index (χ3v) is 7.12. The Kier molecular flexibility index (Phi) is 5.99. The maximum Gasteiger partial charge on any atom is 0.332 e. The van der Waals surface area contributed by atoms with Gasteiger partial charge in [0.1, 0.15) is 11.4 Å². The topological polar surface area (TPSA) is 100.0 Å². The van der Waals surface area contributed by atoms with Crippen molar-refractivity contribution in [1.29, 1.82) is 0 Å². The molecule has 0 aliphatic carbocycles. The largest absolute Gasteiger partial charge is 0.384 e. The summed E-state index contributed by atoms with van der Waals surface area (Å²) in [4.78, 5) is 42.7. The summed E-state index contributed by atoms with van der Waals surface area (Å²) in [7, 11) is 1.34. The van der Waals surface area contributed by atoms with Crippen LogP contribution < -0.4 is 17.0 Å². The van der Waals surface area contributed by atoms with E-state index in [0.29, 0.717) is 9.36 Å². The van der Waals surface area contributed by atoms with Crippen LogP contribution in [-0.2, 0) is 13.6 Å². The van der Waals surface area contributed by atoms with Gasteiger partial charge < -0.3 is 5.73 Å². The number of benzene rings is 2. The molecule has 0 unspecified atom stereocenters. The van der Waals surface area contributed by atoms with Gasteiger partial charge in [-0.2, -0.15) is 0 Å². The molecular weight excluding hydrogens is 456 g/mol. The Morgan fingerprint density at radius 3 is 2.68 bits per heavy atom. The molecule has 0 radical (unpaired) electrons. The summed E-state index contributed by atoms with van der Waals surface area (Å²) in [6.45, 7) is 0.158. The number of hydrogen-bond donors (Lipinski definition) is 1. The Morgan fingerprint density at radius 1 is 1.19 bits per heavy atom. The average Bonchev–Trinajstić information content (AvgIpc) is 3.16. The molecule has 2 aromatic carbocycles. The zero-order chi connectivity index (χ0) is 22.1. The van der Waals surface area contributed by atoms with Crippen LogP contribution in [-0.4, -0.2) is 25.7 Å². The van der Waals surface area contributed by atoms with E-state index in [1.165, 1.54) is 34.7 Å². The van der Waals surface area contributed by atoms with Crippen LogP contribution in [0.1, 0.15) is 15.9 Å². The van der Waals surface area contributed by atoms with E-state index >= 15 is 0 Å². The molecule has 0 spiro atoms. The lowest BCUT2D eigenvalue weighted by atomic mass is 10.2. The normalized spacial score (nSPS) is 11.2. The minimum atomic E-state index is -0.700. The van der Waals surface area contributed by atoms with E-state index < -0.39 is 17.0 Å². The van der Waals surface area contributed by atoms with Crippen molar-refractivity contribution in [1.82, 2.24) is 14.1 Å². The van der Waals surface area contributed by atoms with Crippen molar-refractivity contribution in [2.24, 2.45) is 7.05 Å². The number of Topliss-reactive ketones (excluding diaryl/α,β-unsaturated/α-hetero) is 1. The Hall–Kier alpha value is -2.88. The number of carbonyl (C=O) groups is 1. The van der Waals surface area contributed by atoms with Gasteiger partial charge >= 0.3 is 5.69 Å². The van der Waals surface area contributed by atoms with Crippen LogP contribution in [0, 0.1) is 0 Å². The van der Waals surface area contributed by atoms with Gasteiger partial charge in [0.05, 0.1) is 22.5 Å². The molecule has 0 bridgehead atoms. The highest BCUT2D eigenvalue weighted by Crippen LogP contribution is 2.31. The first-order valence-electron chi connectivity index (χ1n) is 9.20. The lowest BCUT2D eigenvalue weighted by Gasteiger charge is -2.14. The number of nitrogens with zero attached hydrogens (tertiary/aromatic N) is 3. The van der Waals surface area contributed by atoms with E-state index in [2.05, 4.69) is 4.98 Å². The smallest absolute Gasteiger partial charge is 0.332 e. The van der Waals surface area contributed by atoms with Gasteiger partial charge in [0.15, 0.2) is 10.1 Å². The molecule has 7 nitrogen and oxygen atoms in total. The number of thioether (sulfide) groups is 1. The number of nitrogens with two attached hydrogens (primary N) is 1. The second-order valence-corrected chi connectivity index (χ2v) is 9.47. The molecule has 0 fully saturated rings. The van der Waals surface area contributed by atoms with Crippen molar-refractivity contribution in [3.8, 4) is 0 Å². The lowest BCUT2D eigenvalue weighted by Crippen LogP contribution is -2.43. The molecule has 0 saturated heterocycles. The number of hydrogen-bond acceptors (Lipinski definition) is 7. The van der Waals surface area contributed by atoms with Gasteiger partial charge in [-0.15, -0.1) is 11.3 Å². The number of aromatic nitrogens is 3. The molecule has 0 aliphatic heterocycles. The molecular formula is C21H17ClN4O3S2. The summed E-state index contributed by atoms with van der Waals surface area (Å²) in [5.41, 5.74) is 6.26. The molecule has 4 rings (SSSR count). The molecule has 4 aromatic rings. The van der Waals surface area contributed by atoms with E-state index in [-0.39, 0.29) is 23.7 Å². The highest BCUT2D eigenvalue weighted by Gasteiger charge is 2.22. The molecule has 31 heavy (non-hydrogen) atoms. The van der Waals surface area contributed by atoms with E-state index in [0.717, 1.165) is 20.3 Å². The first kappa shape index (κ1) is 21.4. The Balaban J connectivity index is 1.63. The summed E-state index contributed by atoms with van der Waals surface area (Å²) in [6, 6.07) is 14.6. The monoisotopic (exact) mass is 472 g/mol. The molecule has 0 aliphatic rings. The quantitative estimate of drug-likeness (QED) is 0.341. The van der Waals surface area contributed by atoms with Crippen LogP contribution in [0.4, 0.5) is 5.82 Å². The molecule has 2 N–H and O–H groups in total. The highest BCUT2D eigenvalue weighted by molar-refractivity contribution is 8.01. The molecule has 2 heterocycles. The maximum absolute atomic E-state index is 12.9. The lowest BCUT2D eigenvalue weighted by molar-refractivity contribution is 0.102. The number of carbonyl (C=O) groups excluding carboxylic acids is 1. The zero-order valence-electron chi connectivity index (χ0n) is 16.4. The summed E-state index contributed by atoms with van der Waals surface area (Å²) < 4.78 is 3.79. The fourth-order valence-electron chi connectivity index (χ4n) is 3.10. The summed E-state index contributed by atoms with van der Waals surface area (Å²) in [5, 5.41) is 0.586. The minimum Gasteiger partial charge on any atom is -0.384 e. The van der Waals surface area contributed by atoms with Crippen LogP contribution in [0.3, 0.4) is 0 Å². The fourth-order valence-corrected chi connectivity index (χ4v) is 5.19. The fraction of sp³-hybridized carbons (Fsp3) is 0.143. The van der Waals surface area contributed by atoms with Crippen molar-refractivity contribution < 1.29 is 4.79 Å². The van der Waals surface area contributed by atoms with Crippen LogP contribution in [0.25, 0.3) is 10.2 Å². The molecule has 0 saturated carbocycles. The predicted molar refractivity (Wildman–Crippen MR) is 126 cm³/mol. The maximum atomic E-state index is 12.9. The van der Waals surface area contributed by atoms with Gasteiger partial charge in [-0.1, -0.05) is 53.7 Å². The Morgan fingerprint density at radius 2 is 1.94 bits per heavy atom. The second kappa shape index (κ2) is 8.70. The van der Waals surface area contributed by atoms with E-state index in [1.807, 2.05) is 36.4 Å². The predicted octanol–water partition coefficient (Wildman–Crippen LogP) is 3.42. The molecule has 10 heteroatoms. The van der Waals surface area contributed by atoms with E-state index in [4.69, 9.17) is 17.3 Å². The van der Waals surface area contributed by atoms with Crippen molar-refractivity contribution in [2.75, 3.05) is 11.5 Å². The molecule has 0 amide bonds. The van der Waals surface area contributed by atoms with Crippen LogP contribution in [0.15, 0.2) is 62.5 Å². The number of fused-ring (bicyclic) bond motifs is 1. The standard InChI is InChI=1S/C21H17ClN4O3S2/c1-25-19(28)17(18(23)26(21(25)29)10-12-5-3-2-4-6-12)15(27)11-30-20-24-14-9-13(22)7-8-16(14)31-20/h2-9H,10-11,23H2,1H3. The number of ketones is 1. The number of rotatable bonds is 6. The number of thiazole rings is 1. The third-order valence-electron chi connectivity index (χ3n) is 4.70. The van der Waals surface area contributed by atoms with Crippen molar-refractivity contribution in [2.45, 2.75) is 10.9 Å². The summed E-state index contributed by atoms with van der Waals surface area (Å²) in [5.74, 6) is -0.614. The van der Waals surface area contributed by atoms with Crippen molar-refractivity contribution in [3.05, 3.63) is 85.5 Å². The summed E-state index contributed by atoms with van der Waals surface area (Å²) in [6.07, 6.45) is 0. The van der Waals surface area contributed by atoms with Gasteiger partial charge in [0.2, 0.25) is 0 Å². The van der Waals surface area contributed by atoms with E-state index in [9.17, 15) is 14.4 Å². The first-order valence-corrected chi connectivity index (χ1v) is 11.4. The van der Waals surface area contributed by atoms with Crippen molar-refractivity contribution in [3.63, 3.8) is 0 Å². The second-order valence-electron chi connectivity index (χ2n) is 6.78. The van der Waals surface area contributed by atoms with Gasteiger partial charge in [0.25, 0.3) is 5.56 Å². The van der Waals surface area contributed by atoms with Gasteiger partial charge in [-0.3, -0.25) is 18.7 Å². The Bertz CT molecular complexity index is 1410. The molecule has 0 atom stereocenters. The van der Waals surface area contributed by atoms with Gasteiger partial charge in [-0.05, 0) is 23.8 Å². The number of nitrogen functional groups attached to an aromatic ring is 1. The summed E-state index contributed by atoms with van der Waals surface area (Å²) >= 11 is 8.64. The van der Waals surface area contributed by atoms with Gasteiger partial charge in [0, 0.05) is 12.1 Å². The van der Waals surface area contributed by atoms with Crippen LogP contribution >= 0.6 is 34.7 Å². The zero-order valence-corrected chi connectivity index (χ0v) is 18.8. The van der Waals surface area contributed by atoms with Crippen LogP contribution in [0.2, 0.25) is 5.02 Å². The van der Waals surface area contributed by atoms with E-state index in [1.54, 1.807) is 12.1 Å². The minimum absolute atomic E-state index is 0.0312. The van der Waals surface area contributed by atoms with Crippen molar-refractivity contribution >= 4 is 56.5 Å². The molecule has 158 valence electrons. The molecule has 2 aromatic heterocycles. The number of anilines is 1. The van der Waals surface area contributed by atoms with Gasteiger partial charge in [-0.25, -0.2) is 9.78 Å². The SMILES string of the molecule is Cn1c(=O)c(C(=O)CSc2nc3cc(Cl)ccc3s2)c(N)n(Cc2ccccc2)c1=O. The Labute approximate surface area is 190 Å². The first-order chi connectivity index (χ1) is 14.8. The third kappa shape index (κ3) is 4.30. The highest BCUT2D eigenvalue weighted by atomic mass is 35.5. The average molecular weight is 473 g/mol.